The first kappa shape index (κ1) is 29.3. The van der Waals surface area contributed by atoms with Crippen LogP contribution in [0.1, 0.15) is 60.8 Å². The molecule has 4 nitrogen and oxygen atoms in total. The van der Waals surface area contributed by atoms with Gasteiger partial charge in [-0.3, -0.25) is 4.79 Å². The fraction of sp³-hybridized carbons (Fsp3) is 0.357. The van der Waals surface area contributed by atoms with Crippen molar-refractivity contribution in [3.8, 4) is 16.2 Å². The van der Waals surface area contributed by atoms with E-state index in [9.17, 15) is 31.5 Å². The summed E-state index contributed by atoms with van der Waals surface area (Å²) >= 11 is 1.11. The van der Waals surface area contributed by atoms with Gasteiger partial charge in [0.15, 0.2) is 23.0 Å². The standard InChI is InChI=1S/C28H27F5O4S/c1-4-5-16-36-26(35)27(2,3)37-21-13-9-18(24(29)25(21)30)8-12-20(34)23-15-14-22(38-23)17-6-10-19(11-7-17)28(31,32)33/h6-7,9-11,13-15H,4-5,8,12,16H2,1-3H3. The van der Waals surface area contributed by atoms with Gasteiger partial charge in [-0.25, -0.2) is 9.18 Å². The predicted molar refractivity (Wildman–Crippen MR) is 134 cm³/mol. The first-order valence-electron chi connectivity index (χ1n) is 12.0. The Kier molecular flexibility index (Phi) is 9.30. The summed E-state index contributed by atoms with van der Waals surface area (Å²) in [7, 11) is 0. The summed E-state index contributed by atoms with van der Waals surface area (Å²) in [4.78, 5) is 25.8. The first-order valence-corrected chi connectivity index (χ1v) is 12.8. The van der Waals surface area contributed by atoms with Gasteiger partial charge in [0, 0.05) is 11.3 Å². The smallest absolute Gasteiger partial charge is 0.416 e. The Labute approximate surface area is 221 Å². The molecule has 2 aromatic carbocycles. The van der Waals surface area contributed by atoms with E-state index in [-0.39, 0.29) is 30.8 Å². The van der Waals surface area contributed by atoms with Crippen molar-refractivity contribution in [2.45, 2.75) is 58.2 Å². The Morgan fingerprint density at radius 1 is 0.921 bits per heavy atom. The number of Topliss-reactive ketones (excluding diaryl/α,β-unsaturated/α-hetero) is 1. The lowest BCUT2D eigenvalue weighted by Gasteiger charge is -2.25. The third-order valence-electron chi connectivity index (χ3n) is 5.71. The van der Waals surface area contributed by atoms with Crippen LogP contribution in [0.4, 0.5) is 22.0 Å². The zero-order valence-electron chi connectivity index (χ0n) is 21.1. The molecular weight excluding hydrogens is 527 g/mol. The van der Waals surface area contributed by atoms with Crippen LogP contribution in [-0.4, -0.2) is 24.0 Å². The number of ether oxygens (including phenoxy) is 2. The number of aryl methyl sites for hydroxylation is 1. The zero-order chi connectivity index (χ0) is 28.1. The number of thiophene rings is 1. The van der Waals surface area contributed by atoms with Gasteiger partial charge in [-0.1, -0.05) is 31.5 Å². The maximum atomic E-state index is 14.7. The number of ketones is 1. The van der Waals surface area contributed by atoms with E-state index >= 15 is 0 Å². The van der Waals surface area contributed by atoms with Gasteiger partial charge in [-0.15, -0.1) is 11.3 Å². The highest BCUT2D eigenvalue weighted by molar-refractivity contribution is 7.17. The van der Waals surface area contributed by atoms with Crippen LogP contribution < -0.4 is 4.74 Å². The van der Waals surface area contributed by atoms with Crippen molar-refractivity contribution >= 4 is 23.1 Å². The average Bonchev–Trinajstić information content (AvgIpc) is 3.36. The molecule has 204 valence electrons. The Morgan fingerprint density at radius 3 is 2.24 bits per heavy atom. The fourth-order valence-electron chi connectivity index (χ4n) is 3.48. The molecule has 0 saturated heterocycles. The minimum absolute atomic E-state index is 0.0361. The molecule has 0 aliphatic carbocycles. The molecule has 3 rings (SSSR count). The molecule has 0 bridgehead atoms. The van der Waals surface area contributed by atoms with Crippen LogP contribution in [0, 0.1) is 11.6 Å². The van der Waals surface area contributed by atoms with E-state index in [1.165, 1.54) is 38.1 Å². The molecule has 10 heteroatoms. The lowest BCUT2D eigenvalue weighted by molar-refractivity contribution is -0.159. The van der Waals surface area contributed by atoms with E-state index in [1.54, 1.807) is 12.1 Å². The second-order valence-electron chi connectivity index (χ2n) is 9.11. The molecule has 0 radical (unpaired) electrons. The Hall–Kier alpha value is -3.27. The average molecular weight is 555 g/mol. The molecule has 0 amide bonds. The van der Waals surface area contributed by atoms with Crippen molar-refractivity contribution in [2.75, 3.05) is 6.61 Å². The van der Waals surface area contributed by atoms with E-state index in [0.717, 1.165) is 29.9 Å². The molecule has 0 N–H and O–H groups in total. The van der Waals surface area contributed by atoms with Crippen molar-refractivity contribution in [1.82, 2.24) is 0 Å². The highest BCUT2D eigenvalue weighted by Crippen LogP contribution is 2.34. The number of benzene rings is 2. The number of carbonyl (C=O) groups excluding carboxylic acids is 2. The fourth-order valence-corrected chi connectivity index (χ4v) is 4.46. The van der Waals surface area contributed by atoms with Crippen LogP contribution in [0.3, 0.4) is 0 Å². The summed E-state index contributed by atoms with van der Waals surface area (Å²) in [5.74, 6) is -3.92. The zero-order valence-corrected chi connectivity index (χ0v) is 21.9. The van der Waals surface area contributed by atoms with Crippen LogP contribution in [0.5, 0.6) is 5.75 Å². The van der Waals surface area contributed by atoms with E-state index < -0.39 is 40.7 Å². The van der Waals surface area contributed by atoms with Crippen LogP contribution in [0.2, 0.25) is 0 Å². The largest absolute Gasteiger partial charge is 0.473 e. The molecule has 0 spiro atoms. The first-order chi connectivity index (χ1) is 17.8. The van der Waals surface area contributed by atoms with Crippen LogP contribution in [0.25, 0.3) is 10.4 Å². The monoisotopic (exact) mass is 554 g/mol. The number of hydrogen-bond acceptors (Lipinski definition) is 5. The number of esters is 1. The van der Waals surface area contributed by atoms with Gasteiger partial charge in [0.1, 0.15) is 0 Å². The summed E-state index contributed by atoms with van der Waals surface area (Å²) in [6, 6.07) is 10.3. The molecule has 1 aromatic heterocycles. The number of rotatable bonds is 11. The van der Waals surface area contributed by atoms with Gasteiger partial charge in [-0.2, -0.15) is 17.6 Å². The lowest BCUT2D eigenvalue weighted by atomic mass is 10.1. The quantitative estimate of drug-likeness (QED) is 0.104. The number of unbranched alkanes of at least 4 members (excludes halogenated alkanes) is 1. The molecule has 0 atom stereocenters. The topological polar surface area (TPSA) is 52.6 Å². The number of halogens is 5. The van der Waals surface area contributed by atoms with Crippen molar-refractivity contribution in [2.24, 2.45) is 0 Å². The van der Waals surface area contributed by atoms with Gasteiger partial charge in [0.25, 0.3) is 0 Å². The molecule has 38 heavy (non-hydrogen) atoms. The molecule has 0 saturated carbocycles. The molecule has 0 aliphatic heterocycles. The van der Waals surface area contributed by atoms with Crippen LogP contribution in [0.15, 0.2) is 48.5 Å². The van der Waals surface area contributed by atoms with Crippen molar-refractivity contribution in [1.29, 1.82) is 0 Å². The normalized spacial score (nSPS) is 11.9. The minimum atomic E-state index is -4.44. The van der Waals surface area contributed by atoms with Gasteiger partial charge in [-0.05, 0) is 68.1 Å². The van der Waals surface area contributed by atoms with E-state index in [1.807, 2.05) is 6.92 Å². The van der Waals surface area contributed by atoms with E-state index in [4.69, 9.17) is 9.47 Å². The Morgan fingerprint density at radius 2 is 1.61 bits per heavy atom. The number of alkyl halides is 3. The number of carbonyl (C=O) groups is 2. The molecule has 0 aliphatic rings. The second-order valence-corrected chi connectivity index (χ2v) is 10.2. The highest BCUT2D eigenvalue weighted by atomic mass is 32.1. The van der Waals surface area contributed by atoms with Gasteiger partial charge in [0.2, 0.25) is 5.82 Å². The Bertz CT molecular complexity index is 1280. The van der Waals surface area contributed by atoms with Crippen LogP contribution >= 0.6 is 11.3 Å². The van der Waals surface area contributed by atoms with E-state index in [2.05, 4.69) is 0 Å². The molecule has 0 unspecified atom stereocenters. The lowest BCUT2D eigenvalue weighted by Crippen LogP contribution is -2.40. The SMILES string of the molecule is CCCCOC(=O)C(C)(C)Oc1ccc(CCC(=O)c2ccc(-c3ccc(C(F)(F)F)cc3)s2)c(F)c1F. The molecule has 3 aromatic rings. The summed E-state index contributed by atoms with van der Waals surface area (Å²) < 4.78 is 78.2. The molecular formula is C28H27F5O4S. The van der Waals surface area contributed by atoms with Gasteiger partial charge >= 0.3 is 12.1 Å². The summed E-state index contributed by atoms with van der Waals surface area (Å²) in [6.45, 7) is 4.92. The van der Waals surface area contributed by atoms with Crippen molar-refractivity contribution < 1.29 is 41.0 Å². The van der Waals surface area contributed by atoms with Gasteiger partial charge < -0.3 is 9.47 Å². The third-order valence-corrected chi connectivity index (χ3v) is 6.89. The van der Waals surface area contributed by atoms with Crippen LogP contribution in [-0.2, 0) is 22.1 Å². The molecule has 1 heterocycles. The summed E-state index contributed by atoms with van der Waals surface area (Å²) in [6.07, 6.45) is -3.15. The maximum absolute atomic E-state index is 14.7. The number of hydrogen-bond donors (Lipinski definition) is 0. The van der Waals surface area contributed by atoms with Crippen molar-refractivity contribution in [3.63, 3.8) is 0 Å². The molecule has 0 fully saturated rings. The predicted octanol–water partition coefficient (Wildman–Crippen LogP) is 8.03. The third kappa shape index (κ3) is 7.18. The Balaban J connectivity index is 1.63. The van der Waals surface area contributed by atoms with Gasteiger partial charge in [0.05, 0.1) is 17.0 Å². The highest BCUT2D eigenvalue weighted by Gasteiger charge is 2.33. The summed E-state index contributed by atoms with van der Waals surface area (Å²) in [5.41, 5.74) is -1.81. The maximum Gasteiger partial charge on any atom is 0.416 e. The second kappa shape index (κ2) is 12.1. The summed E-state index contributed by atoms with van der Waals surface area (Å²) in [5, 5.41) is 0. The minimum Gasteiger partial charge on any atom is -0.473 e. The van der Waals surface area contributed by atoms with Crippen molar-refractivity contribution in [3.05, 3.63) is 76.2 Å². The van der Waals surface area contributed by atoms with E-state index in [0.29, 0.717) is 21.7 Å².